The third-order valence-corrected chi connectivity index (χ3v) is 3.98. The van der Waals surface area contributed by atoms with E-state index in [4.69, 9.17) is 9.26 Å². The number of ether oxygens (including phenoxy) is 1. The van der Waals surface area contributed by atoms with Crippen molar-refractivity contribution in [2.45, 2.75) is 13.0 Å². The highest BCUT2D eigenvalue weighted by atomic mass is 16.5. The van der Waals surface area contributed by atoms with E-state index in [0.717, 1.165) is 26.3 Å². The van der Waals surface area contributed by atoms with Crippen LogP contribution >= 0.6 is 0 Å². The van der Waals surface area contributed by atoms with E-state index in [1.165, 1.54) is 5.56 Å². The van der Waals surface area contributed by atoms with Gasteiger partial charge in [0.05, 0.1) is 24.9 Å². The minimum absolute atomic E-state index is 0.119. The first-order chi connectivity index (χ1) is 11.2. The molecule has 0 aliphatic carbocycles. The van der Waals surface area contributed by atoms with Crippen molar-refractivity contribution in [3.05, 3.63) is 53.4 Å². The molecule has 3 rings (SSSR count). The molecule has 1 amide bonds. The van der Waals surface area contributed by atoms with Gasteiger partial charge in [-0.2, -0.15) is 0 Å². The number of carbonyl (C=O) groups is 1. The molecule has 1 fully saturated rings. The molecule has 0 unspecified atom stereocenters. The average Bonchev–Trinajstić information content (AvgIpc) is 3.03. The van der Waals surface area contributed by atoms with Crippen LogP contribution in [0.4, 0.5) is 0 Å². The molecule has 0 bridgehead atoms. The Balaban J connectivity index is 1.69. The third-order valence-electron chi connectivity index (χ3n) is 3.98. The second-order valence-corrected chi connectivity index (χ2v) is 5.62. The number of carbonyl (C=O) groups excluding carboxylic acids is 1. The molecule has 1 N–H and O–H groups in total. The zero-order valence-corrected chi connectivity index (χ0v) is 13.2. The Morgan fingerprint density at radius 1 is 1.30 bits per heavy atom. The molecule has 1 atom stereocenters. The molecule has 0 saturated carbocycles. The van der Waals surface area contributed by atoms with Crippen LogP contribution in [0.25, 0.3) is 0 Å². The highest BCUT2D eigenvalue weighted by Gasteiger charge is 2.23. The number of aryl methyl sites for hydroxylation is 1. The topological polar surface area (TPSA) is 67.6 Å². The Morgan fingerprint density at radius 3 is 2.70 bits per heavy atom. The van der Waals surface area contributed by atoms with E-state index in [1.807, 2.05) is 18.2 Å². The monoisotopic (exact) mass is 315 g/mol. The van der Waals surface area contributed by atoms with Crippen molar-refractivity contribution in [2.24, 2.45) is 0 Å². The summed E-state index contributed by atoms with van der Waals surface area (Å²) in [6.07, 6.45) is 0. The van der Waals surface area contributed by atoms with Crippen LogP contribution in [0, 0.1) is 6.92 Å². The van der Waals surface area contributed by atoms with Gasteiger partial charge < -0.3 is 14.6 Å². The predicted octanol–water partition coefficient (Wildman–Crippen LogP) is 1.79. The Labute approximate surface area is 135 Å². The molecular weight excluding hydrogens is 294 g/mol. The molecule has 1 aliphatic heterocycles. The summed E-state index contributed by atoms with van der Waals surface area (Å²) in [5, 5.41) is 6.70. The van der Waals surface area contributed by atoms with Gasteiger partial charge in [0.15, 0.2) is 0 Å². The van der Waals surface area contributed by atoms with Crippen molar-refractivity contribution in [3.63, 3.8) is 0 Å². The first kappa shape index (κ1) is 15.7. The number of nitrogens with one attached hydrogen (secondary N) is 1. The van der Waals surface area contributed by atoms with Crippen LogP contribution < -0.4 is 5.32 Å². The van der Waals surface area contributed by atoms with Crippen molar-refractivity contribution in [1.82, 2.24) is 15.4 Å². The number of morpholine rings is 1. The number of hydrogen-bond acceptors (Lipinski definition) is 5. The minimum atomic E-state index is -0.236. The van der Waals surface area contributed by atoms with Crippen LogP contribution in [0.5, 0.6) is 0 Å². The van der Waals surface area contributed by atoms with Gasteiger partial charge in [0, 0.05) is 25.7 Å². The largest absolute Gasteiger partial charge is 0.379 e. The van der Waals surface area contributed by atoms with Crippen molar-refractivity contribution >= 4 is 5.91 Å². The summed E-state index contributed by atoms with van der Waals surface area (Å²) >= 11 is 0. The number of benzene rings is 1. The summed E-state index contributed by atoms with van der Waals surface area (Å²) in [6.45, 7) is 5.47. The zero-order chi connectivity index (χ0) is 16.1. The molecular formula is C17H21N3O3. The summed E-state index contributed by atoms with van der Waals surface area (Å²) in [4.78, 5) is 14.5. The molecule has 1 aliphatic rings. The van der Waals surface area contributed by atoms with Gasteiger partial charge in [0.2, 0.25) is 5.76 Å². The summed E-state index contributed by atoms with van der Waals surface area (Å²) in [5.74, 6) is 0.0103. The lowest BCUT2D eigenvalue weighted by Crippen LogP contribution is -2.43. The molecule has 122 valence electrons. The lowest BCUT2D eigenvalue weighted by Gasteiger charge is -2.34. The van der Waals surface area contributed by atoms with E-state index < -0.39 is 0 Å². The van der Waals surface area contributed by atoms with E-state index in [-0.39, 0.29) is 17.7 Å². The SMILES string of the molecule is Cc1cc(C(=O)NC[C@H](c2ccccc2)N2CCOCC2)on1. The van der Waals surface area contributed by atoms with Gasteiger partial charge in [-0.1, -0.05) is 35.5 Å². The summed E-state index contributed by atoms with van der Waals surface area (Å²) in [6, 6.07) is 12.0. The maximum absolute atomic E-state index is 12.2. The van der Waals surface area contributed by atoms with E-state index in [2.05, 4.69) is 27.5 Å². The molecule has 0 spiro atoms. The Kier molecular flexibility index (Phi) is 5.05. The van der Waals surface area contributed by atoms with E-state index >= 15 is 0 Å². The van der Waals surface area contributed by atoms with Gasteiger partial charge in [-0.05, 0) is 12.5 Å². The standard InChI is InChI=1S/C17H21N3O3/c1-13-11-16(23-19-13)17(21)18-12-15(14-5-3-2-4-6-14)20-7-9-22-10-8-20/h2-6,11,15H,7-10,12H2,1H3,(H,18,21)/t15-/m1/s1. The normalized spacial score (nSPS) is 16.9. The minimum Gasteiger partial charge on any atom is -0.379 e. The van der Waals surface area contributed by atoms with Crippen molar-refractivity contribution in [2.75, 3.05) is 32.8 Å². The smallest absolute Gasteiger partial charge is 0.289 e. The second kappa shape index (κ2) is 7.39. The molecule has 6 nitrogen and oxygen atoms in total. The van der Waals surface area contributed by atoms with Gasteiger partial charge in [-0.15, -0.1) is 0 Å². The number of aromatic nitrogens is 1. The van der Waals surface area contributed by atoms with Crippen LogP contribution in [0.3, 0.4) is 0 Å². The maximum Gasteiger partial charge on any atom is 0.289 e. The molecule has 2 heterocycles. The van der Waals surface area contributed by atoms with Crippen molar-refractivity contribution < 1.29 is 14.1 Å². The molecule has 1 saturated heterocycles. The first-order valence-electron chi connectivity index (χ1n) is 7.82. The molecule has 1 aromatic carbocycles. The van der Waals surface area contributed by atoms with Gasteiger partial charge in [0.25, 0.3) is 5.91 Å². The highest BCUT2D eigenvalue weighted by molar-refractivity contribution is 5.91. The van der Waals surface area contributed by atoms with Crippen molar-refractivity contribution in [1.29, 1.82) is 0 Å². The van der Waals surface area contributed by atoms with Crippen LogP contribution in [0.1, 0.15) is 27.9 Å². The Bertz CT molecular complexity index is 636. The molecule has 2 aromatic rings. The molecule has 6 heteroatoms. The second-order valence-electron chi connectivity index (χ2n) is 5.62. The van der Waals surface area contributed by atoms with Gasteiger partial charge in [0.1, 0.15) is 0 Å². The van der Waals surface area contributed by atoms with E-state index in [1.54, 1.807) is 13.0 Å². The Hall–Kier alpha value is -2.18. The van der Waals surface area contributed by atoms with Crippen LogP contribution in [-0.2, 0) is 4.74 Å². The zero-order valence-electron chi connectivity index (χ0n) is 13.2. The number of rotatable bonds is 5. The highest BCUT2D eigenvalue weighted by Crippen LogP contribution is 2.21. The average molecular weight is 315 g/mol. The van der Waals surface area contributed by atoms with E-state index in [9.17, 15) is 4.79 Å². The third kappa shape index (κ3) is 3.97. The first-order valence-corrected chi connectivity index (χ1v) is 7.82. The molecule has 0 radical (unpaired) electrons. The fourth-order valence-electron chi connectivity index (χ4n) is 2.77. The van der Waals surface area contributed by atoms with Gasteiger partial charge >= 0.3 is 0 Å². The summed E-state index contributed by atoms with van der Waals surface area (Å²) in [5.41, 5.74) is 1.88. The van der Waals surface area contributed by atoms with Gasteiger partial charge in [-0.25, -0.2) is 0 Å². The predicted molar refractivity (Wildman–Crippen MR) is 85.1 cm³/mol. The molecule has 23 heavy (non-hydrogen) atoms. The Morgan fingerprint density at radius 2 is 2.04 bits per heavy atom. The molecule has 1 aromatic heterocycles. The fraction of sp³-hybridized carbons (Fsp3) is 0.412. The number of amides is 1. The quantitative estimate of drug-likeness (QED) is 0.911. The lowest BCUT2D eigenvalue weighted by molar-refractivity contribution is 0.0161. The summed E-state index contributed by atoms with van der Waals surface area (Å²) < 4.78 is 10.4. The van der Waals surface area contributed by atoms with Crippen LogP contribution in [-0.4, -0.2) is 48.8 Å². The van der Waals surface area contributed by atoms with Crippen molar-refractivity contribution in [3.8, 4) is 0 Å². The lowest BCUT2D eigenvalue weighted by atomic mass is 10.0. The van der Waals surface area contributed by atoms with Crippen LogP contribution in [0.2, 0.25) is 0 Å². The number of hydrogen-bond donors (Lipinski definition) is 1. The van der Waals surface area contributed by atoms with Gasteiger partial charge in [-0.3, -0.25) is 9.69 Å². The number of nitrogens with zero attached hydrogens (tertiary/aromatic N) is 2. The maximum atomic E-state index is 12.2. The van der Waals surface area contributed by atoms with E-state index in [0.29, 0.717) is 12.2 Å². The summed E-state index contributed by atoms with van der Waals surface area (Å²) in [7, 11) is 0. The fourth-order valence-corrected chi connectivity index (χ4v) is 2.77. The van der Waals surface area contributed by atoms with Crippen LogP contribution in [0.15, 0.2) is 40.9 Å².